The van der Waals surface area contributed by atoms with Gasteiger partial charge in [-0.1, -0.05) is 0 Å². The van der Waals surface area contributed by atoms with Crippen molar-refractivity contribution in [3.8, 4) is 11.5 Å². The predicted octanol–water partition coefficient (Wildman–Crippen LogP) is 3.41. The van der Waals surface area contributed by atoms with Crippen LogP contribution in [-0.4, -0.2) is 33.3 Å². The van der Waals surface area contributed by atoms with Crippen LogP contribution in [0.15, 0.2) is 36.4 Å². The number of amides is 1. The Kier molecular flexibility index (Phi) is 5.49. The summed E-state index contributed by atoms with van der Waals surface area (Å²) in [4.78, 5) is 12.9. The number of benzene rings is 2. The Morgan fingerprint density at radius 2 is 1.93 bits per heavy atom. The Morgan fingerprint density at radius 3 is 2.55 bits per heavy atom. The highest BCUT2D eigenvalue weighted by molar-refractivity contribution is 7.92. The van der Waals surface area contributed by atoms with Crippen molar-refractivity contribution >= 4 is 21.6 Å². The molecule has 2 N–H and O–H groups in total. The number of hydrogen-bond donors (Lipinski definition) is 2. The third-order valence-electron chi connectivity index (χ3n) is 4.77. The first-order valence-electron chi connectivity index (χ1n) is 9.24. The van der Waals surface area contributed by atoms with Crippen molar-refractivity contribution < 1.29 is 22.7 Å². The quantitative estimate of drug-likeness (QED) is 0.776. The molecule has 29 heavy (non-hydrogen) atoms. The van der Waals surface area contributed by atoms with Gasteiger partial charge in [0.05, 0.1) is 25.1 Å². The van der Waals surface area contributed by atoms with Gasteiger partial charge in [0.2, 0.25) is 10.0 Å². The van der Waals surface area contributed by atoms with E-state index >= 15 is 0 Å². The second kappa shape index (κ2) is 7.59. The van der Waals surface area contributed by atoms with Gasteiger partial charge in [-0.2, -0.15) is 0 Å². The van der Waals surface area contributed by atoms with Gasteiger partial charge in [0.15, 0.2) is 0 Å². The minimum Gasteiger partial charge on any atom is -0.497 e. The molecule has 0 radical (unpaired) electrons. The van der Waals surface area contributed by atoms with Gasteiger partial charge < -0.3 is 14.8 Å². The van der Waals surface area contributed by atoms with E-state index in [-0.39, 0.29) is 11.9 Å². The van der Waals surface area contributed by atoms with Crippen molar-refractivity contribution in [1.29, 1.82) is 0 Å². The zero-order chi connectivity index (χ0) is 21.4. The van der Waals surface area contributed by atoms with Crippen LogP contribution in [0.4, 0.5) is 5.69 Å². The van der Waals surface area contributed by atoms with Crippen LogP contribution in [0.1, 0.15) is 47.8 Å². The minimum atomic E-state index is -3.38. The molecule has 1 amide bonds. The highest BCUT2D eigenvalue weighted by Crippen LogP contribution is 2.41. The Balaban J connectivity index is 1.84. The summed E-state index contributed by atoms with van der Waals surface area (Å²) in [5.41, 5.74) is 2.02. The van der Waals surface area contributed by atoms with Gasteiger partial charge in [0.1, 0.15) is 17.1 Å². The summed E-state index contributed by atoms with van der Waals surface area (Å²) in [6, 6.07) is 10.2. The standard InChI is InChI=1S/C21H26N2O5S/c1-13-10-14(6-9-17(13)23-29(5,25)26)20(24)22-18-12-21(2,3)28-19-11-15(27-4)7-8-16(18)19/h6-11,18,23H,12H2,1-5H3,(H,22,24). The van der Waals surface area contributed by atoms with Crippen molar-refractivity contribution in [2.24, 2.45) is 0 Å². The molecule has 1 heterocycles. The molecule has 0 aliphatic carbocycles. The molecule has 0 spiro atoms. The molecule has 2 aromatic carbocycles. The summed E-state index contributed by atoms with van der Waals surface area (Å²) in [6.45, 7) is 5.71. The fourth-order valence-electron chi connectivity index (χ4n) is 3.45. The Labute approximate surface area is 171 Å². The predicted molar refractivity (Wildman–Crippen MR) is 112 cm³/mol. The molecule has 1 aliphatic rings. The van der Waals surface area contributed by atoms with E-state index in [4.69, 9.17) is 9.47 Å². The summed E-state index contributed by atoms with van der Waals surface area (Å²) >= 11 is 0. The Bertz CT molecular complexity index is 1050. The molecule has 1 atom stereocenters. The van der Waals surface area contributed by atoms with Crippen LogP contribution < -0.4 is 19.5 Å². The SMILES string of the molecule is COc1ccc2c(c1)OC(C)(C)CC2NC(=O)c1ccc(NS(C)(=O)=O)c(C)c1. The third kappa shape index (κ3) is 5.00. The monoisotopic (exact) mass is 418 g/mol. The normalized spacial score (nSPS) is 17.6. The molecule has 1 aliphatic heterocycles. The lowest BCUT2D eigenvalue weighted by atomic mass is 9.89. The van der Waals surface area contributed by atoms with Crippen LogP contribution in [0, 0.1) is 6.92 Å². The molecule has 7 nitrogen and oxygen atoms in total. The second-order valence-electron chi connectivity index (χ2n) is 7.90. The van der Waals surface area contributed by atoms with E-state index in [1.807, 2.05) is 32.0 Å². The number of hydrogen-bond acceptors (Lipinski definition) is 5. The Hall–Kier alpha value is -2.74. The van der Waals surface area contributed by atoms with E-state index in [0.717, 1.165) is 11.8 Å². The van der Waals surface area contributed by atoms with Crippen molar-refractivity contribution in [2.45, 2.75) is 38.8 Å². The molecule has 0 saturated heterocycles. The van der Waals surface area contributed by atoms with E-state index in [2.05, 4.69) is 10.0 Å². The highest BCUT2D eigenvalue weighted by atomic mass is 32.2. The first-order valence-corrected chi connectivity index (χ1v) is 11.1. The van der Waals surface area contributed by atoms with Crippen molar-refractivity contribution in [2.75, 3.05) is 18.1 Å². The maximum absolute atomic E-state index is 12.9. The molecular formula is C21H26N2O5S. The van der Waals surface area contributed by atoms with Crippen LogP contribution in [0.2, 0.25) is 0 Å². The van der Waals surface area contributed by atoms with Gasteiger partial charge in [-0.05, 0) is 56.7 Å². The van der Waals surface area contributed by atoms with E-state index in [1.165, 1.54) is 0 Å². The maximum Gasteiger partial charge on any atom is 0.251 e. The van der Waals surface area contributed by atoms with Crippen molar-refractivity contribution in [3.05, 3.63) is 53.1 Å². The highest BCUT2D eigenvalue weighted by Gasteiger charge is 2.35. The molecule has 0 bridgehead atoms. The van der Waals surface area contributed by atoms with Crippen molar-refractivity contribution in [1.82, 2.24) is 5.32 Å². The van der Waals surface area contributed by atoms with Crippen LogP contribution >= 0.6 is 0 Å². The summed E-state index contributed by atoms with van der Waals surface area (Å²) in [7, 11) is -1.79. The number of nitrogens with one attached hydrogen (secondary N) is 2. The first-order chi connectivity index (χ1) is 13.5. The fourth-order valence-corrected chi connectivity index (χ4v) is 4.08. The topological polar surface area (TPSA) is 93.7 Å². The number of methoxy groups -OCH3 is 1. The molecule has 2 aromatic rings. The molecule has 3 rings (SSSR count). The number of carbonyl (C=O) groups is 1. The summed E-state index contributed by atoms with van der Waals surface area (Å²) < 4.78 is 36.7. The van der Waals surface area contributed by atoms with Crippen LogP contribution in [0.25, 0.3) is 0 Å². The molecule has 0 fully saturated rings. The van der Waals surface area contributed by atoms with Gasteiger partial charge in [-0.25, -0.2) is 8.42 Å². The maximum atomic E-state index is 12.9. The largest absolute Gasteiger partial charge is 0.497 e. The van der Waals surface area contributed by atoms with Crippen LogP contribution in [0.5, 0.6) is 11.5 Å². The van der Waals surface area contributed by atoms with E-state index in [0.29, 0.717) is 34.7 Å². The van der Waals surface area contributed by atoms with Gasteiger partial charge in [0.25, 0.3) is 5.91 Å². The molecule has 8 heteroatoms. The van der Waals surface area contributed by atoms with Crippen LogP contribution in [0.3, 0.4) is 0 Å². The van der Waals surface area contributed by atoms with Gasteiger partial charge in [0, 0.05) is 23.6 Å². The van der Waals surface area contributed by atoms with Gasteiger partial charge in [-0.3, -0.25) is 9.52 Å². The zero-order valence-corrected chi connectivity index (χ0v) is 18.0. The molecule has 156 valence electrons. The van der Waals surface area contributed by atoms with Gasteiger partial charge in [-0.15, -0.1) is 0 Å². The van der Waals surface area contributed by atoms with Gasteiger partial charge >= 0.3 is 0 Å². The molecule has 0 saturated carbocycles. The average molecular weight is 419 g/mol. The second-order valence-corrected chi connectivity index (χ2v) is 9.65. The lowest BCUT2D eigenvalue weighted by Crippen LogP contribution is -2.41. The fraction of sp³-hybridized carbons (Fsp3) is 0.381. The van der Waals surface area contributed by atoms with E-state index in [1.54, 1.807) is 32.2 Å². The number of rotatable bonds is 5. The number of fused-ring (bicyclic) bond motifs is 1. The smallest absolute Gasteiger partial charge is 0.251 e. The minimum absolute atomic E-state index is 0.221. The third-order valence-corrected chi connectivity index (χ3v) is 5.36. The first kappa shape index (κ1) is 21.0. The average Bonchev–Trinajstić information content (AvgIpc) is 2.60. The number of carbonyl (C=O) groups excluding carboxylic acids is 1. The lowest BCUT2D eigenvalue weighted by Gasteiger charge is -2.38. The number of ether oxygens (including phenoxy) is 2. The van der Waals surface area contributed by atoms with E-state index < -0.39 is 15.6 Å². The molecular weight excluding hydrogens is 392 g/mol. The molecule has 0 aromatic heterocycles. The molecule has 1 unspecified atom stereocenters. The summed E-state index contributed by atoms with van der Waals surface area (Å²) in [5.74, 6) is 1.15. The van der Waals surface area contributed by atoms with Crippen LogP contribution in [-0.2, 0) is 10.0 Å². The Morgan fingerprint density at radius 1 is 1.21 bits per heavy atom. The summed E-state index contributed by atoms with van der Waals surface area (Å²) in [5, 5.41) is 3.08. The number of sulfonamides is 1. The number of anilines is 1. The number of aryl methyl sites for hydroxylation is 1. The van der Waals surface area contributed by atoms with E-state index in [9.17, 15) is 13.2 Å². The van der Waals surface area contributed by atoms with Crippen molar-refractivity contribution in [3.63, 3.8) is 0 Å². The zero-order valence-electron chi connectivity index (χ0n) is 17.2. The summed E-state index contributed by atoms with van der Waals surface area (Å²) in [6.07, 6.45) is 1.71. The lowest BCUT2D eigenvalue weighted by molar-refractivity contribution is 0.0617.